The monoisotopic (exact) mass is 494 g/mol. The summed E-state index contributed by atoms with van der Waals surface area (Å²) in [5, 5.41) is 3.26. The molecule has 0 aliphatic carbocycles. The number of aromatic nitrogens is 1. The minimum atomic E-state index is -3.90. The van der Waals surface area contributed by atoms with E-state index in [-0.39, 0.29) is 38.8 Å². The number of aryl methyl sites for hydroxylation is 1. The molecule has 0 bridgehead atoms. The van der Waals surface area contributed by atoms with Gasteiger partial charge in [0, 0.05) is 13.3 Å². The highest BCUT2D eigenvalue weighted by atomic mass is 35.5. The van der Waals surface area contributed by atoms with Crippen molar-refractivity contribution < 1.29 is 16.8 Å². The number of rotatable bonds is 5. The molecule has 0 saturated heterocycles. The summed E-state index contributed by atoms with van der Waals surface area (Å²) in [6.45, 7) is 1.94. The van der Waals surface area contributed by atoms with E-state index in [9.17, 15) is 16.8 Å². The lowest BCUT2D eigenvalue weighted by Crippen LogP contribution is -2.04. The molecule has 2 aromatic carbocycles. The van der Waals surface area contributed by atoms with Crippen LogP contribution in [-0.2, 0) is 19.7 Å². The summed E-state index contributed by atoms with van der Waals surface area (Å²) in [6.07, 6.45) is 2.33. The second-order valence-corrected chi connectivity index (χ2v) is 11.3. The van der Waals surface area contributed by atoms with Gasteiger partial charge in [0.05, 0.1) is 16.0 Å². The Kier molecular flexibility index (Phi) is 8.26. The first-order chi connectivity index (χ1) is 12.6. The molecule has 1 heterocycles. The van der Waals surface area contributed by atoms with Gasteiger partial charge in [-0.2, -0.15) is 0 Å². The van der Waals surface area contributed by atoms with E-state index in [1.807, 2.05) is 31.2 Å². The molecule has 3 rings (SSSR count). The van der Waals surface area contributed by atoms with Gasteiger partial charge in [-0.1, -0.05) is 41.2 Å². The Labute approximate surface area is 187 Å². The summed E-state index contributed by atoms with van der Waals surface area (Å²) < 4.78 is 50.3. The maximum absolute atomic E-state index is 13.0. The van der Waals surface area contributed by atoms with Crippen LogP contribution >= 0.6 is 36.2 Å². The van der Waals surface area contributed by atoms with E-state index in [2.05, 4.69) is 10.3 Å². The summed E-state index contributed by atoms with van der Waals surface area (Å²) in [4.78, 5) is 3.88. The fraction of sp³-hybridized carbons (Fsp3) is 0.167. The van der Waals surface area contributed by atoms with Gasteiger partial charge in [-0.05, 0) is 36.2 Å². The number of benzene rings is 2. The fourth-order valence-electron chi connectivity index (χ4n) is 2.47. The molecule has 0 radical (unpaired) electrons. The number of hydrogen-bond acceptors (Lipinski definition) is 7. The van der Waals surface area contributed by atoms with E-state index in [4.69, 9.17) is 0 Å². The van der Waals surface area contributed by atoms with Crippen LogP contribution < -0.4 is 5.32 Å². The fourth-order valence-corrected chi connectivity index (χ4v) is 5.68. The topological polar surface area (TPSA) is 93.2 Å². The lowest BCUT2D eigenvalue weighted by Gasteiger charge is -2.10. The summed E-state index contributed by atoms with van der Waals surface area (Å²) in [5.74, 6) is 0. The number of nitrogens with one attached hydrogen (secondary N) is 1. The lowest BCUT2D eigenvalue weighted by atomic mass is 10.0. The number of hydrogen-bond donors (Lipinski definition) is 1. The molecule has 3 aromatic rings. The van der Waals surface area contributed by atoms with Crippen molar-refractivity contribution in [2.45, 2.75) is 20.9 Å². The molecule has 6 nitrogen and oxygen atoms in total. The SMILES string of the molecule is CNc1ncc(S(=O)(=O)c2cc(-c3ccc(C)cc3)cc(S(C)(=O)=O)c2)s1.Cl.Cl. The van der Waals surface area contributed by atoms with Crippen LogP contribution in [0.3, 0.4) is 0 Å². The Morgan fingerprint density at radius 3 is 2.00 bits per heavy atom. The van der Waals surface area contributed by atoms with Crippen LogP contribution in [0.25, 0.3) is 11.1 Å². The highest BCUT2D eigenvalue weighted by Crippen LogP contribution is 2.33. The van der Waals surface area contributed by atoms with Crippen LogP contribution in [0.15, 0.2) is 62.7 Å². The van der Waals surface area contributed by atoms with Gasteiger partial charge in [-0.15, -0.1) is 24.8 Å². The third kappa shape index (κ3) is 5.49. The zero-order chi connectivity index (χ0) is 19.8. The Balaban J connectivity index is 0.00000210. The third-order valence-electron chi connectivity index (χ3n) is 3.97. The lowest BCUT2D eigenvalue weighted by molar-refractivity contribution is 0.597. The van der Waals surface area contributed by atoms with Gasteiger partial charge in [0.15, 0.2) is 15.0 Å². The Morgan fingerprint density at radius 1 is 0.897 bits per heavy atom. The average molecular weight is 495 g/mol. The number of nitrogens with zero attached hydrogens (tertiary/aromatic N) is 1. The first-order valence-electron chi connectivity index (χ1n) is 7.92. The molecule has 1 N–H and O–H groups in total. The third-order valence-corrected chi connectivity index (χ3v) is 8.27. The second-order valence-electron chi connectivity index (χ2n) is 6.07. The van der Waals surface area contributed by atoms with E-state index in [0.29, 0.717) is 10.7 Å². The number of halogens is 2. The van der Waals surface area contributed by atoms with Gasteiger partial charge in [0.25, 0.3) is 0 Å². The summed E-state index contributed by atoms with van der Waals surface area (Å²) >= 11 is 0.992. The van der Waals surface area contributed by atoms with Crippen LogP contribution in [0.5, 0.6) is 0 Å². The van der Waals surface area contributed by atoms with E-state index in [1.165, 1.54) is 24.4 Å². The van der Waals surface area contributed by atoms with Crippen LogP contribution in [0, 0.1) is 6.92 Å². The van der Waals surface area contributed by atoms with Gasteiger partial charge < -0.3 is 5.32 Å². The Bertz CT molecular complexity index is 1210. The largest absolute Gasteiger partial charge is 0.365 e. The van der Waals surface area contributed by atoms with E-state index in [1.54, 1.807) is 7.05 Å². The highest BCUT2D eigenvalue weighted by Gasteiger charge is 2.24. The Hall–Kier alpha value is -1.65. The molecule has 11 heteroatoms. The zero-order valence-electron chi connectivity index (χ0n) is 15.7. The Morgan fingerprint density at radius 2 is 1.48 bits per heavy atom. The van der Waals surface area contributed by atoms with E-state index >= 15 is 0 Å². The van der Waals surface area contributed by atoms with Crippen molar-refractivity contribution in [3.05, 3.63) is 54.2 Å². The molecule has 0 aliphatic rings. The molecule has 0 atom stereocenters. The van der Waals surface area contributed by atoms with Crippen molar-refractivity contribution in [1.82, 2.24) is 4.98 Å². The van der Waals surface area contributed by atoms with Gasteiger partial charge in [0.1, 0.15) is 4.21 Å². The smallest absolute Gasteiger partial charge is 0.217 e. The first kappa shape index (κ1) is 25.4. The molecule has 29 heavy (non-hydrogen) atoms. The van der Waals surface area contributed by atoms with Crippen molar-refractivity contribution in [3.63, 3.8) is 0 Å². The van der Waals surface area contributed by atoms with Crippen molar-refractivity contribution in [3.8, 4) is 11.1 Å². The van der Waals surface area contributed by atoms with Crippen molar-refractivity contribution in [2.24, 2.45) is 0 Å². The van der Waals surface area contributed by atoms with Gasteiger partial charge >= 0.3 is 0 Å². The molecular weight excluding hydrogens is 475 g/mol. The molecule has 0 aliphatic heterocycles. The molecule has 0 spiro atoms. The summed E-state index contributed by atoms with van der Waals surface area (Å²) in [7, 11) is -5.85. The summed E-state index contributed by atoms with van der Waals surface area (Å²) in [6, 6.07) is 11.6. The normalized spacial score (nSPS) is 11.3. The second kappa shape index (κ2) is 9.44. The minimum Gasteiger partial charge on any atom is -0.365 e. The van der Waals surface area contributed by atoms with Gasteiger partial charge in [-0.25, -0.2) is 21.8 Å². The molecule has 0 fully saturated rings. The molecule has 1 aromatic heterocycles. The predicted molar refractivity (Wildman–Crippen MR) is 121 cm³/mol. The molecule has 0 unspecified atom stereocenters. The van der Waals surface area contributed by atoms with Gasteiger partial charge in [-0.3, -0.25) is 0 Å². The minimum absolute atomic E-state index is 0. The van der Waals surface area contributed by atoms with E-state index < -0.39 is 19.7 Å². The van der Waals surface area contributed by atoms with E-state index in [0.717, 1.165) is 28.7 Å². The van der Waals surface area contributed by atoms with Crippen LogP contribution in [0.4, 0.5) is 5.13 Å². The average Bonchev–Trinajstić information content (AvgIpc) is 3.11. The number of sulfone groups is 2. The van der Waals surface area contributed by atoms with Crippen molar-refractivity contribution in [1.29, 1.82) is 0 Å². The standard InChI is InChI=1S/C18H18N2O4S3.2ClH/c1-12-4-6-13(7-5-12)14-8-15(26(3,21)22)10-16(9-14)27(23,24)17-11-20-18(19-2)25-17;;/h4-11H,1-3H3,(H,19,20);2*1H. The number of thiazole rings is 1. The number of anilines is 1. The van der Waals surface area contributed by atoms with Crippen LogP contribution in [-0.4, -0.2) is 35.1 Å². The predicted octanol–water partition coefficient (Wildman–Crippen LogP) is 4.24. The zero-order valence-corrected chi connectivity index (χ0v) is 19.8. The van der Waals surface area contributed by atoms with Gasteiger partial charge in [0.2, 0.25) is 9.84 Å². The maximum atomic E-state index is 13.0. The molecular formula is C18H20Cl2N2O4S3. The van der Waals surface area contributed by atoms with Crippen molar-refractivity contribution in [2.75, 3.05) is 18.6 Å². The molecule has 158 valence electrons. The molecule has 0 amide bonds. The highest BCUT2D eigenvalue weighted by molar-refractivity contribution is 7.93. The maximum Gasteiger partial charge on any atom is 0.217 e. The summed E-state index contributed by atoms with van der Waals surface area (Å²) in [5.41, 5.74) is 2.31. The first-order valence-corrected chi connectivity index (χ1v) is 12.1. The molecule has 0 saturated carbocycles. The quantitative estimate of drug-likeness (QED) is 0.569. The van der Waals surface area contributed by atoms with Crippen LogP contribution in [0.1, 0.15) is 5.56 Å². The van der Waals surface area contributed by atoms with Crippen molar-refractivity contribution >= 4 is 61.0 Å². The van der Waals surface area contributed by atoms with Crippen LogP contribution in [0.2, 0.25) is 0 Å².